The van der Waals surface area contributed by atoms with Crippen molar-refractivity contribution in [3.8, 4) is 0 Å². The number of amides is 3. The molecular formula is C39H39Cl2N3O5S2. The predicted molar refractivity (Wildman–Crippen MR) is 208 cm³/mol. The highest BCUT2D eigenvalue weighted by Crippen LogP contribution is 2.44. The van der Waals surface area contributed by atoms with E-state index in [4.69, 9.17) is 27.9 Å². The molecule has 0 fully saturated rings. The number of benzene rings is 3. The van der Waals surface area contributed by atoms with E-state index in [2.05, 4.69) is 36.7 Å². The Morgan fingerprint density at radius 2 is 1.71 bits per heavy atom. The zero-order valence-electron chi connectivity index (χ0n) is 28.9. The maximum Gasteiger partial charge on any atom is 0.341 e. The van der Waals surface area contributed by atoms with Crippen molar-refractivity contribution in [1.82, 2.24) is 5.32 Å². The Morgan fingerprint density at radius 3 is 2.41 bits per heavy atom. The monoisotopic (exact) mass is 763 g/mol. The van der Waals surface area contributed by atoms with Crippen LogP contribution in [0.25, 0.3) is 6.08 Å². The van der Waals surface area contributed by atoms with E-state index in [9.17, 15) is 19.2 Å². The average molecular weight is 765 g/mol. The zero-order chi connectivity index (χ0) is 36.9. The lowest BCUT2D eigenvalue weighted by Gasteiger charge is -2.33. The fraction of sp³-hybridized carbons (Fsp3) is 0.282. The summed E-state index contributed by atoms with van der Waals surface area (Å²) in [6, 6.07) is 20.6. The summed E-state index contributed by atoms with van der Waals surface area (Å²) in [5.74, 6) is -1.31. The lowest BCUT2D eigenvalue weighted by Crippen LogP contribution is -2.30. The quantitative estimate of drug-likeness (QED) is 0.0843. The van der Waals surface area contributed by atoms with Gasteiger partial charge in [0.2, 0.25) is 5.91 Å². The first-order chi connectivity index (χ1) is 24.2. The van der Waals surface area contributed by atoms with Crippen molar-refractivity contribution in [3.63, 3.8) is 0 Å². The van der Waals surface area contributed by atoms with Crippen LogP contribution in [0.2, 0.25) is 10.0 Å². The molecule has 1 aliphatic rings. The van der Waals surface area contributed by atoms with Crippen LogP contribution in [0.3, 0.4) is 0 Å². The highest BCUT2D eigenvalue weighted by atomic mass is 35.5. The SMILES string of the molecule is COC(=O)c1c(NC(=O)C(C)Sc2cccc(NC(=O)/C(=C\c3cccc(Cl)c3Cl)NC(=O)c3ccccc3)c2)sc2c1CCC(C(C)(C)C)C2. The number of thiophene rings is 1. The van der Waals surface area contributed by atoms with Crippen molar-refractivity contribution in [2.75, 3.05) is 17.7 Å². The van der Waals surface area contributed by atoms with E-state index in [0.717, 1.165) is 34.6 Å². The Labute approximate surface area is 316 Å². The molecule has 1 heterocycles. The Bertz CT molecular complexity index is 1990. The van der Waals surface area contributed by atoms with Crippen molar-refractivity contribution in [1.29, 1.82) is 0 Å². The normalized spacial score (nSPS) is 15.0. The number of carbonyl (C=O) groups excluding carboxylic acids is 4. The van der Waals surface area contributed by atoms with Crippen molar-refractivity contribution in [3.05, 3.63) is 116 Å². The molecule has 1 aromatic heterocycles. The van der Waals surface area contributed by atoms with Gasteiger partial charge in [0.1, 0.15) is 10.7 Å². The van der Waals surface area contributed by atoms with Gasteiger partial charge in [-0.25, -0.2) is 4.79 Å². The first-order valence-electron chi connectivity index (χ1n) is 16.4. The fourth-order valence-corrected chi connectivity index (χ4v) is 8.39. The number of fused-ring (bicyclic) bond motifs is 1. The third kappa shape index (κ3) is 9.43. The van der Waals surface area contributed by atoms with Gasteiger partial charge in [-0.1, -0.05) is 80.4 Å². The van der Waals surface area contributed by atoms with Gasteiger partial charge < -0.3 is 20.7 Å². The topological polar surface area (TPSA) is 114 Å². The summed E-state index contributed by atoms with van der Waals surface area (Å²) in [5, 5.41) is 9.04. The molecule has 0 radical (unpaired) electrons. The van der Waals surface area contributed by atoms with E-state index in [1.165, 1.54) is 36.3 Å². The van der Waals surface area contributed by atoms with E-state index in [1.807, 2.05) is 6.07 Å². The molecule has 12 heteroatoms. The standard InChI is InChI=1S/C39H39Cl2N3O5S2/c1-22(34(45)44-37-32(38(48)49-5)28-18-17-25(39(2,3)4)20-31(28)51-37)50-27-15-10-14-26(21-27)42-36(47)30(19-24-13-9-16-29(40)33(24)41)43-35(46)23-11-7-6-8-12-23/h6-16,19,21-22,25H,17-18,20H2,1-5H3,(H,42,47)(H,43,46)(H,44,45)/b30-19+. The highest BCUT2D eigenvalue weighted by Gasteiger charge is 2.34. The predicted octanol–water partition coefficient (Wildman–Crippen LogP) is 9.52. The van der Waals surface area contributed by atoms with Crippen molar-refractivity contribution >= 4 is 86.8 Å². The van der Waals surface area contributed by atoms with E-state index < -0.39 is 23.0 Å². The Hall–Kier alpha value is -4.09. The molecule has 8 nitrogen and oxygen atoms in total. The van der Waals surface area contributed by atoms with Gasteiger partial charge in [0.15, 0.2) is 0 Å². The molecule has 2 atom stereocenters. The third-order valence-corrected chi connectivity index (χ3v) is 11.8. The Kier molecular flexibility index (Phi) is 12.3. The Balaban J connectivity index is 1.31. The van der Waals surface area contributed by atoms with Gasteiger partial charge in [-0.15, -0.1) is 23.1 Å². The van der Waals surface area contributed by atoms with Crippen molar-refractivity contribution in [2.45, 2.75) is 57.1 Å². The smallest absolute Gasteiger partial charge is 0.341 e. The molecule has 0 spiro atoms. The minimum absolute atomic E-state index is 0.0484. The van der Waals surface area contributed by atoms with Crippen LogP contribution < -0.4 is 16.0 Å². The van der Waals surface area contributed by atoms with E-state index >= 15 is 0 Å². The average Bonchev–Trinajstić information content (AvgIpc) is 3.46. The highest BCUT2D eigenvalue weighted by molar-refractivity contribution is 8.00. The second-order valence-electron chi connectivity index (χ2n) is 13.3. The number of anilines is 2. The molecule has 0 saturated heterocycles. The molecule has 0 aliphatic heterocycles. The molecule has 2 unspecified atom stereocenters. The van der Waals surface area contributed by atoms with E-state index in [0.29, 0.717) is 38.3 Å². The number of thioether (sulfide) groups is 1. The molecular weight excluding hydrogens is 725 g/mol. The number of carbonyl (C=O) groups is 4. The Morgan fingerprint density at radius 1 is 0.980 bits per heavy atom. The number of nitrogens with one attached hydrogen (secondary N) is 3. The van der Waals surface area contributed by atoms with Gasteiger partial charge in [-0.05, 0) is 91.1 Å². The maximum absolute atomic E-state index is 13.6. The van der Waals surface area contributed by atoms with Crippen LogP contribution >= 0.6 is 46.3 Å². The van der Waals surface area contributed by atoms with Gasteiger partial charge in [0.05, 0.1) is 28.0 Å². The minimum atomic E-state index is -0.589. The van der Waals surface area contributed by atoms with Gasteiger partial charge in [0, 0.05) is 21.0 Å². The summed E-state index contributed by atoms with van der Waals surface area (Å²) in [6.45, 7) is 8.48. The van der Waals surface area contributed by atoms with Crippen molar-refractivity contribution in [2.24, 2.45) is 11.3 Å². The van der Waals surface area contributed by atoms with Gasteiger partial charge >= 0.3 is 5.97 Å². The first kappa shape index (κ1) is 38.1. The summed E-state index contributed by atoms with van der Waals surface area (Å²) in [4.78, 5) is 54.9. The molecule has 3 aromatic carbocycles. The van der Waals surface area contributed by atoms with Crippen LogP contribution in [-0.2, 0) is 27.2 Å². The number of esters is 1. The van der Waals surface area contributed by atoms with Crippen LogP contribution in [0.1, 0.15) is 70.8 Å². The number of rotatable bonds is 10. The second kappa shape index (κ2) is 16.5. The second-order valence-corrected chi connectivity index (χ2v) is 16.6. The molecule has 1 aliphatic carbocycles. The molecule has 0 bridgehead atoms. The summed E-state index contributed by atoms with van der Waals surface area (Å²) >= 11 is 15.4. The number of hydrogen-bond acceptors (Lipinski definition) is 7. The number of halogens is 2. The lowest BCUT2D eigenvalue weighted by molar-refractivity contribution is -0.115. The summed E-state index contributed by atoms with van der Waals surface area (Å²) in [7, 11) is 1.35. The van der Waals surface area contributed by atoms with Crippen molar-refractivity contribution < 1.29 is 23.9 Å². The molecule has 0 saturated carbocycles. The van der Waals surface area contributed by atoms with Gasteiger partial charge in [0.25, 0.3) is 11.8 Å². The lowest BCUT2D eigenvalue weighted by atomic mass is 9.72. The van der Waals surface area contributed by atoms with E-state index in [1.54, 1.807) is 73.7 Å². The van der Waals surface area contributed by atoms with Crippen LogP contribution in [-0.4, -0.2) is 36.1 Å². The molecule has 4 aromatic rings. The number of methoxy groups -OCH3 is 1. The van der Waals surface area contributed by atoms with E-state index in [-0.39, 0.29) is 22.0 Å². The summed E-state index contributed by atoms with van der Waals surface area (Å²) in [5.41, 5.74) is 2.76. The number of hydrogen-bond donors (Lipinski definition) is 3. The molecule has 5 rings (SSSR count). The van der Waals surface area contributed by atoms with Crippen LogP contribution in [0.4, 0.5) is 10.7 Å². The third-order valence-electron chi connectivity index (χ3n) is 8.70. The molecule has 51 heavy (non-hydrogen) atoms. The summed E-state index contributed by atoms with van der Waals surface area (Å²) < 4.78 is 5.12. The fourth-order valence-electron chi connectivity index (χ4n) is 5.78. The maximum atomic E-state index is 13.6. The molecule has 266 valence electrons. The van der Waals surface area contributed by atoms with Crippen LogP contribution in [0.15, 0.2) is 83.4 Å². The first-order valence-corrected chi connectivity index (χ1v) is 18.8. The number of ether oxygens (including phenoxy) is 1. The van der Waals surface area contributed by atoms with Crippen LogP contribution in [0.5, 0.6) is 0 Å². The zero-order valence-corrected chi connectivity index (χ0v) is 32.0. The largest absolute Gasteiger partial charge is 0.465 e. The van der Waals surface area contributed by atoms with Gasteiger partial charge in [-0.2, -0.15) is 0 Å². The molecule has 3 N–H and O–H groups in total. The molecule has 3 amide bonds. The minimum Gasteiger partial charge on any atom is -0.465 e. The van der Waals surface area contributed by atoms with Crippen LogP contribution in [0, 0.1) is 11.3 Å². The summed E-state index contributed by atoms with van der Waals surface area (Å²) in [6.07, 6.45) is 4.04. The van der Waals surface area contributed by atoms with Gasteiger partial charge in [-0.3, -0.25) is 14.4 Å².